The maximum absolute atomic E-state index is 12.0. The Morgan fingerprint density at radius 1 is 0.952 bits per heavy atom. The third kappa shape index (κ3) is 5.62. The lowest BCUT2D eigenvalue weighted by atomic mass is 10.2. The number of halogens is 2. The molecule has 6 nitrogen and oxygen atoms in total. The molecule has 2 N–H and O–H groups in total. The maximum atomic E-state index is 12.0. The summed E-state index contributed by atoms with van der Waals surface area (Å²) in [5.41, 5.74) is 5.60. The van der Waals surface area contributed by atoms with Crippen molar-refractivity contribution in [1.29, 1.82) is 0 Å². The topological polar surface area (TPSA) is 69.9 Å². The molecule has 2 rings (SSSR count). The molecule has 21 heavy (non-hydrogen) atoms. The number of likely N-dealkylation sites (tertiary alicyclic amines) is 1. The summed E-state index contributed by atoms with van der Waals surface area (Å²) in [4.78, 5) is 29.6. The molecule has 0 bridgehead atoms. The summed E-state index contributed by atoms with van der Waals surface area (Å²) in [6.45, 7) is 6.88. The van der Waals surface area contributed by atoms with Crippen LogP contribution in [0.4, 0.5) is 0 Å². The molecule has 2 heterocycles. The van der Waals surface area contributed by atoms with Crippen molar-refractivity contribution in [3.05, 3.63) is 0 Å². The number of hydrogen-bond acceptors (Lipinski definition) is 4. The van der Waals surface area contributed by atoms with Crippen molar-refractivity contribution in [3.8, 4) is 0 Å². The van der Waals surface area contributed by atoms with Gasteiger partial charge in [-0.1, -0.05) is 0 Å². The first kappa shape index (κ1) is 20.4. The van der Waals surface area contributed by atoms with Gasteiger partial charge in [-0.05, 0) is 19.8 Å². The molecule has 0 aromatic heterocycles. The number of nitrogens with zero attached hydrogens (tertiary/aromatic N) is 3. The zero-order chi connectivity index (χ0) is 13.8. The second kappa shape index (κ2) is 9.46. The summed E-state index contributed by atoms with van der Waals surface area (Å²) in [5.74, 6) is 0.231. The molecule has 2 saturated heterocycles. The summed E-state index contributed by atoms with van der Waals surface area (Å²) < 4.78 is 0. The third-order valence-corrected chi connectivity index (χ3v) is 3.89. The van der Waals surface area contributed by atoms with E-state index in [1.807, 2.05) is 4.90 Å². The van der Waals surface area contributed by atoms with Crippen LogP contribution in [-0.2, 0) is 9.59 Å². The number of nitrogens with two attached hydrogens (primary N) is 1. The minimum atomic E-state index is -0.433. The molecule has 2 fully saturated rings. The fraction of sp³-hybridized carbons (Fsp3) is 0.846. The van der Waals surface area contributed by atoms with Gasteiger partial charge in [0, 0.05) is 39.3 Å². The van der Waals surface area contributed by atoms with Crippen LogP contribution in [0.1, 0.15) is 19.8 Å². The molecule has 0 aliphatic carbocycles. The molecule has 124 valence electrons. The number of hydrogen-bond donors (Lipinski definition) is 1. The van der Waals surface area contributed by atoms with Crippen molar-refractivity contribution in [2.24, 2.45) is 5.73 Å². The molecule has 0 spiro atoms. The largest absolute Gasteiger partial charge is 0.342 e. The Hall–Kier alpha value is -0.560. The number of carbonyl (C=O) groups is 2. The van der Waals surface area contributed by atoms with Gasteiger partial charge in [0.2, 0.25) is 11.8 Å². The molecule has 2 aliphatic rings. The van der Waals surface area contributed by atoms with Crippen molar-refractivity contribution in [2.45, 2.75) is 25.8 Å². The van der Waals surface area contributed by atoms with E-state index in [0.717, 1.165) is 39.0 Å². The predicted molar refractivity (Wildman–Crippen MR) is 87.0 cm³/mol. The van der Waals surface area contributed by atoms with Gasteiger partial charge in [0.05, 0.1) is 12.6 Å². The van der Waals surface area contributed by atoms with Gasteiger partial charge in [-0.3, -0.25) is 14.5 Å². The zero-order valence-corrected chi connectivity index (χ0v) is 14.1. The van der Waals surface area contributed by atoms with E-state index in [9.17, 15) is 9.59 Å². The SMILES string of the molecule is C[C@H](N)C(=O)N1CCN(CC(=O)N2CCCC2)CC1.Cl.Cl. The Balaban J connectivity index is 0.00000200. The van der Waals surface area contributed by atoms with Crippen LogP contribution in [0.25, 0.3) is 0 Å². The second-order valence-electron chi connectivity index (χ2n) is 5.48. The van der Waals surface area contributed by atoms with Crippen molar-refractivity contribution in [2.75, 3.05) is 45.8 Å². The highest BCUT2D eigenvalue weighted by Gasteiger charge is 2.26. The Bertz CT molecular complexity index is 341. The fourth-order valence-electron chi connectivity index (χ4n) is 2.67. The Kier molecular flexibility index (Phi) is 9.20. The van der Waals surface area contributed by atoms with Crippen LogP contribution < -0.4 is 5.73 Å². The van der Waals surface area contributed by atoms with Crippen LogP contribution in [-0.4, -0.2) is 78.4 Å². The highest BCUT2D eigenvalue weighted by atomic mass is 35.5. The average Bonchev–Trinajstić information content (AvgIpc) is 2.92. The summed E-state index contributed by atoms with van der Waals surface area (Å²) in [5, 5.41) is 0. The van der Waals surface area contributed by atoms with Crippen molar-refractivity contribution < 1.29 is 9.59 Å². The van der Waals surface area contributed by atoms with Crippen LogP contribution in [0.2, 0.25) is 0 Å². The van der Waals surface area contributed by atoms with E-state index in [1.54, 1.807) is 11.8 Å². The van der Waals surface area contributed by atoms with Crippen LogP contribution >= 0.6 is 24.8 Å². The van der Waals surface area contributed by atoms with Crippen LogP contribution in [0, 0.1) is 0 Å². The Labute approximate surface area is 138 Å². The normalized spacial score (nSPS) is 20.5. The number of carbonyl (C=O) groups excluding carboxylic acids is 2. The summed E-state index contributed by atoms with van der Waals surface area (Å²) in [7, 11) is 0. The molecule has 0 radical (unpaired) electrons. The van der Waals surface area contributed by atoms with Crippen LogP contribution in [0.3, 0.4) is 0 Å². The first-order valence-electron chi connectivity index (χ1n) is 7.12. The average molecular weight is 341 g/mol. The molecular formula is C13H26Cl2N4O2. The lowest BCUT2D eigenvalue weighted by molar-refractivity contribution is -0.135. The van der Waals surface area contributed by atoms with E-state index in [1.165, 1.54) is 0 Å². The van der Waals surface area contributed by atoms with Crippen molar-refractivity contribution in [3.63, 3.8) is 0 Å². The van der Waals surface area contributed by atoms with E-state index in [0.29, 0.717) is 19.6 Å². The highest BCUT2D eigenvalue weighted by Crippen LogP contribution is 2.09. The molecule has 0 aromatic carbocycles. The van der Waals surface area contributed by atoms with Gasteiger partial charge in [-0.2, -0.15) is 0 Å². The van der Waals surface area contributed by atoms with Gasteiger partial charge >= 0.3 is 0 Å². The number of piperazine rings is 1. The number of amides is 2. The maximum Gasteiger partial charge on any atom is 0.239 e. The second-order valence-corrected chi connectivity index (χ2v) is 5.48. The standard InChI is InChI=1S/C13H24N4O2.2ClH/c1-11(14)13(19)17-8-6-15(7-9-17)10-12(18)16-4-2-3-5-16;;/h11H,2-10,14H2,1H3;2*1H/t11-;;/m0../s1. The monoisotopic (exact) mass is 340 g/mol. The summed E-state index contributed by atoms with van der Waals surface area (Å²) >= 11 is 0. The first-order chi connectivity index (χ1) is 9.08. The Morgan fingerprint density at radius 3 is 1.95 bits per heavy atom. The van der Waals surface area contributed by atoms with Gasteiger partial charge < -0.3 is 15.5 Å². The zero-order valence-electron chi connectivity index (χ0n) is 12.5. The van der Waals surface area contributed by atoms with E-state index in [2.05, 4.69) is 4.90 Å². The van der Waals surface area contributed by atoms with E-state index >= 15 is 0 Å². The minimum absolute atomic E-state index is 0. The molecule has 0 aromatic rings. The molecule has 2 amide bonds. The fourth-order valence-corrected chi connectivity index (χ4v) is 2.67. The van der Waals surface area contributed by atoms with Crippen LogP contribution in [0.15, 0.2) is 0 Å². The number of rotatable bonds is 3. The summed E-state index contributed by atoms with van der Waals surface area (Å²) in [6.07, 6.45) is 2.25. The van der Waals surface area contributed by atoms with Crippen molar-refractivity contribution in [1.82, 2.24) is 14.7 Å². The summed E-state index contributed by atoms with van der Waals surface area (Å²) in [6, 6.07) is -0.433. The molecule has 0 saturated carbocycles. The lowest BCUT2D eigenvalue weighted by Crippen LogP contribution is -2.54. The molecule has 0 unspecified atom stereocenters. The van der Waals surface area contributed by atoms with Gasteiger partial charge in [0.1, 0.15) is 0 Å². The van der Waals surface area contributed by atoms with E-state index in [4.69, 9.17) is 5.73 Å². The van der Waals surface area contributed by atoms with Gasteiger partial charge in [-0.15, -0.1) is 24.8 Å². The molecule has 2 aliphatic heterocycles. The van der Waals surface area contributed by atoms with Gasteiger partial charge in [0.25, 0.3) is 0 Å². The Morgan fingerprint density at radius 2 is 1.48 bits per heavy atom. The van der Waals surface area contributed by atoms with Crippen molar-refractivity contribution >= 4 is 36.6 Å². The van der Waals surface area contributed by atoms with E-state index < -0.39 is 6.04 Å². The third-order valence-electron chi connectivity index (χ3n) is 3.89. The lowest BCUT2D eigenvalue weighted by Gasteiger charge is -2.35. The quantitative estimate of drug-likeness (QED) is 0.781. The van der Waals surface area contributed by atoms with Gasteiger partial charge in [-0.25, -0.2) is 0 Å². The minimum Gasteiger partial charge on any atom is -0.342 e. The first-order valence-corrected chi connectivity index (χ1v) is 7.12. The molecule has 8 heteroatoms. The molecule has 1 atom stereocenters. The smallest absolute Gasteiger partial charge is 0.239 e. The molecular weight excluding hydrogens is 315 g/mol. The van der Waals surface area contributed by atoms with Gasteiger partial charge in [0.15, 0.2) is 0 Å². The highest BCUT2D eigenvalue weighted by molar-refractivity contribution is 5.85. The van der Waals surface area contributed by atoms with Crippen LogP contribution in [0.5, 0.6) is 0 Å². The predicted octanol–water partition coefficient (Wildman–Crippen LogP) is -0.0562. The van der Waals surface area contributed by atoms with E-state index in [-0.39, 0.29) is 36.6 Å².